The lowest BCUT2D eigenvalue weighted by Crippen LogP contribution is -2.39. The molecule has 0 unspecified atom stereocenters. The molecular formula is C13H21N5O. The Bertz CT molecular complexity index is 417. The third-order valence-corrected chi connectivity index (χ3v) is 3.15. The molecule has 0 bridgehead atoms. The summed E-state index contributed by atoms with van der Waals surface area (Å²) in [5.74, 6) is 1.59. The van der Waals surface area contributed by atoms with E-state index in [0.29, 0.717) is 12.4 Å². The summed E-state index contributed by atoms with van der Waals surface area (Å²) in [7, 11) is 0. The highest BCUT2D eigenvalue weighted by Crippen LogP contribution is 2.10. The molecule has 0 spiro atoms. The lowest BCUT2D eigenvalue weighted by atomic mass is 10.1. The molecule has 2 rings (SSSR count). The van der Waals surface area contributed by atoms with Crippen molar-refractivity contribution < 1.29 is 4.79 Å². The van der Waals surface area contributed by atoms with E-state index in [1.807, 2.05) is 17.9 Å². The van der Waals surface area contributed by atoms with Crippen molar-refractivity contribution in [1.82, 2.24) is 14.9 Å². The van der Waals surface area contributed by atoms with E-state index in [0.717, 1.165) is 38.3 Å². The molecule has 1 aliphatic heterocycles. The van der Waals surface area contributed by atoms with Gasteiger partial charge in [-0.25, -0.2) is 9.97 Å². The summed E-state index contributed by atoms with van der Waals surface area (Å²) in [6.07, 6.45) is 4.95. The van der Waals surface area contributed by atoms with Crippen LogP contribution in [0.25, 0.3) is 0 Å². The van der Waals surface area contributed by atoms with Crippen molar-refractivity contribution in [3.05, 3.63) is 12.4 Å². The van der Waals surface area contributed by atoms with Crippen LogP contribution in [0.5, 0.6) is 0 Å². The minimum absolute atomic E-state index is 0.142. The lowest BCUT2D eigenvalue weighted by Gasteiger charge is -2.26. The number of carbonyl (C=O) groups is 1. The van der Waals surface area contributed by atoms with Gasteiger partial charge in [0.2, 0.25) is 5.91 Å². The van der Waals surface area contributed by atoms with Gasteiger partial charge in [0.25, 0.3) is 0 Å². The Morgan fingerprint density at radius 2 is 1.89 bits per heavy atom. The maximum Gasteiger partial charge on any atom is 0.241 e. The summed E-state index contributed by atoms with van der Waals surface area (Å²) >= 11 is 0. The van der Waals surface area contributed by atoms with Gasteiger partial charge >= 0.3 is 0 Å². The SMILES string of the molecule is CCNc1cc(NCC(=O)N2CCCCC2)ncn1. The van der Waals surface area contributed by atoms with Crippen LogP contribution in [0.15, 0.2) is 12.4 Å². The second kappa shape index (κ2) is 6.92. The number of hydrogen-bond acceptors (Lipinski definition) is 5. The largest absolute Gasteiger partial charge is 0.370 e. The molecule has 1 saturated heterocycles. The lowest BCUT2D eigenvalue weighted by molar-refractivity contribution is -0.130. The Morgan fingerprint density at radius 3 is 2.58 bits per heavy atom. The summed E-state index contributed by atoms with van der Waals surface area (Å²) in [5.41, 5.74) is 0. The fourth-order valence-electron chi connectivity index (χ4n) is 2.15. The molecule has 2 N–H and O–H groups in total. The van der Waals surface area contributed by atoms with Crippen LogP contribution in [0.4, 0.5) is 11.6 Å². The van der Waals surface area contributed by atoms with E-state index in [1.165, 1.54) is 12.7 Å². The first-order chi connectivity index (χ1) is 9.29. The molecule has 104 valence electrons. The van der Waals surface area contributed by atoms with Crippen molar-refractivity contribution in [1.29, 1.82) is 0 Å². The predicted molar refractivity (Wildman–Crippen MR) is 75.1 cm³/mol. The van der Waals surface area contributed by atoms with Crippen molar-refractivity contribution >= 4 is 17.5 Å². The summed E-state index contributed by atoms with van der Waals surface area (Å²) < 4.78 is 0. The fraction of sp³-hybridized carbons (Fsp3) is 0.615. The van der Waals surface area contributed by atoms with Crippen molar-refractivity contribution in [3.8, 4) is 0 Å². The third-order valence-electron chi connectivity index (χ3n) is 3.15. The Hall–Kier alpha value is -1.85. The molecular weight excluding hydrogens is 242 g/mol. The van der Waals surface area contributed by atoms with Crippen molar-refractivity contribution in [2.45, 2.75) is 26.2 Å². The molecule has 0 aliphatic carbocycles. The predicted octanol–water partition coefficient (Wildman–Crippen LogP) is 1.33. The van der Waals surface area contributed by atoms with Gasteiger partial charge in [-0.05, 0) is 26.2 Å². The number of anilines is 2. The second-order valence-electron chi connectivity index (χ2n) is 4.61. The summed E-state index contributed by atoms with van der Waals surface area (Å²) in [4.78, 5) is 22.1. The number of rotatable bonds is 5. The van der Waals surface area contributed by atoms with Gasteiger partial charge in [-0.2, -0.15) is 0 Å². The first-order valence-corrected chi connectivity index (χ1v) is 6.87. The number of hydrogen-bond donors (Lipinski definition) is 2. The van der Waals surface area contributed by atoms with Crippen molar-refractivity contribution in [2.24, 2.45) is 0 Å². The number of aromatic nitrogens is 2. The van der Waals surface area contributed by atoms with Gasteiger partial charge in [-0.3, -0.25) is 4.79 Å². The maximum atomic E-state index is 12.0. The molecule has 19 heavy (non-hydrogen) atoms. The van der Waals surface area contributed by atoms with Crippen LogP contribution in [0.2, 0.25) is 0 Å². The molecule has 0 aromatic carbocycles. The Balaban J connectivity index is 1.83. The summed E-state index contributed by atoms with van der Waals surface area (Å²) in [6, 6.07) is 1.81. The van der Waals surface area contributed by atoms with Crippen molar-refractivity contribution in [2.75, 3.05) is 36.8 Å². The quantitative estimate of drug-likeness (QED) is 0.838. The van der Waals surface area contributed by atoms with Gasteiger partial charge in [0.1, 0.15) is 18.0 Å². The summed E-state index contributed by atoms with van der Waals surface area (Å²) in [6.45, 7) is 4.88. The third kappa shape index (κ3) is 4.08. The van der Waals surface area contributed by atoms with E-state index >= 15 is 0 Å². The minimum Gasteiger partial charge on any atom is -0.370 e. The monoisotopic (exact) mass is 263 g/mol. The van der Waals surface area contributed by atoms with Gasteiger partial charge in [-0.15, -0.1) is 0 Å². The highest BCUT2D eigenvalue weighted by molar-refractivity contribution is 5.80. The molecule has 0 atom stereocenters. The first-order valence-electron chi connectivity index (χ1n) is 6.87. The number of amides is 1. The molecule has 1 amide bonds. The number of carbonyl (C=O) groups excluding carboxylic acids is 1. The van der Waals surface area contributed by atoms with Crippen LogP contribution >= 0.6 is 0 Å². The van der Waals surface area contributed by atoms with Gasteiger partial charge in [-0.1, -0.05) is 0 Å². The molecule has 0 saturated carbocycles. The van der Waals surface area contributed by atoms with Crippen LogP contribution in [0, 0.1) is 0 Å². The van der Waals surface area contributed by atoms with Gasteiger partial charge in [0.15, 0.2) is 0 Å². The normalized spacial score (nSPS) is 15.1. The zero-order valence-corrected chi connectivity index (χ0v) is 11.4. The fourth-order valence-corrected chi connectivity index (χ4v) is 2.15. The van der Waals surface area contributed by atoms with Crippen molar-refractivity contribution in [3.63, 3.8) is 0 Å². The Morgan fingerprint density at radius 1 is 1.21 bits per heavy atom. The molecule has 2 heterocycles. The topological polar surface area (TPSA) is 70.2 Å². The van der Waals surface area contributed by atoms with Gasteiger partial charge in [0, 0.05) is 25.7 Å². The van der Waals surface area contributed by atoms with Crippen LogP contribution in [-0.2, 0) is 4.79 Å². The molecule has 1 fully saturated rings. The van der Waals surface area contributed by atoms with E-state index in [4.69, 9.17) is 0 Å². The van der Waals surface area contributed by atoms with E-state index in [-0.39, 0.29) is 5.91 Å². The van der Waals surface area contributed by atoms with E-state index in [9.17, 15) is 4.79 Å². The highest BCUT2D eigenvalue weighted by atomic mass is 16.2. The zero-order valence-electron chi connectivity index (χ0n) is 11.4. The van der Waals surface area contributed by atoms with E-state index in [2.05, 4.69) is 20.6 Å². The molecule has 1 aromatic rings. The van der Waals surface area contributed by atoms with Crippen LogP contribution in [0.1, 0.15) is 26.2 Å². The first kappa shape index (κ1) is 13.6. The Kier molecular flexibility index (Phi) is 4.94. The highest BCUT2D eigenvalue weighted by Gasteiger charge is 2.15. The Labute approximate surface area is 113 Å². The number of nitrogens with zero attached hydrogens (tertiary/aromatic N) is 3. The summed E-state index contributed by atoms with van der Waals surface area (Å²) in [5, 5.41) is 6.17. The standard InChI is InChI=1S/C13H21N5O/c1-2-14-11-8-12(17-10-16-11)15-9-13(19)18-6-4-3-5-7-18/h8,10H,2-7,9H2,1H3,(H2,14,15,16,17). The molecule has 6 nitrogen and oxygen atoms in total. The van der Waals surface area contributed by atoms with Crippen LogP contribution < -0.4 is 10.6 Å². The van der Waals surface area contributed by atoms with Gasteiger partial charge in [0.05, 0.1) is 6.54 Å². The number of piperidine rings is 1. The minimum atomic E-state index is 0.142. The van der Waals surface area contributed by atoms with E-state index < -0.39 is 0 Å². The molecule has 1 aromatic heterocycles. The molecule has 1 aliphatic rings. The average Bonchev–Trinajstić information content (AvgIpc) is 2.46. The second-order valence-corrected chi connectivity index (χ2v) is 4.61. The van der Waals surface area contributed by atoms with Gasteiger partial charge < -0.3 is 15.5 Å². The smallest absolute Gasteiger partial charge is 0.241 e. The van der Waals surface area contributed by atoms with E-state index in [1.54, 1.807) is 0 Å². The van der Waals surface area contributed by atoms with Crippen LogP contribution in [-0.4, -0.2) is 47.0 Å². The van der Waals surface area contributed by atoms with Crippen LogP contribution in [0.3, 0.4) is 0 Å². The molecule has 6 heteroatoms. The number of nitrogens with one attached hydrogen (secondary N) is 2. The average molecular weight is 263 g/mol. The zero-order chi connectivity index (χ0) is 13.5. The number of likely N-dealkylation sites (tertiary alicyclic amines) is 1. The maximum absolute atomic E-state index is 12.0. The molecule has 0 radical (unpaired) electrons.